The molecule has 1 N–H and O–H groups in total. The first kappa shape index (κ1) is 16.9. The van der Waals surface area contributed by atoms with Crippen molar-refractivity contribution >= 4 is 0 Å². The molecule has 104 valence electrons. The fraction of sp³-hybridized carbons (Fsp3) is 1.00. The van der Waals surface area contributed by atoms with Crippen LogP contribution in [0.5, 0.6) is 0 Å². The van der Waals surface area contributed by atoms with Crippen molar-refractivity contribution in [3.05, 3.63) is 0 Å². The molecule has 0 saturated carbocycles. The van der Waals surface area contributed by atoms with Crippen LogP contribution in [0, 0.1) is 5.92 Å². The zero-order valence-electron chi connectivity index (χ0n) is 13.0. The molecule has 0 aliphatic carbocycles. The van der Waals surface area contributed by atoms with Crippen LogP contribution in [0.1, 0.15) is 34.6 Å². The molecule has 0 amide bonds. The second kappa shape index (κ2) is 8.90. The molecule has 2 unspecified atom stereocenters. The second-order valence-corrected chi connectivity index (χ2v) is 5.61. The van der Waals surface area contributed by atoms with Crippen molar-refractivity contribution in [2.24, 2.45) is 5.92 Å². The van der Waals surface area contributed by atoms with E-state index in [0.29, 0.717) is 18.0 Å². The van der Waals surface area contributed by atoms with Gasteiger partial charge in [0.15, 0.2) is 0 Å². The summed E-state index contributed by atoms with van der Waals surface area (Å²) in [5.41, 5.74) is 0. The zero-order valence-corrected chi connectivity index (χ0v) is 13.0. The lowest BCUT2D eigenvalue weighted by molar-refractivity contribution is 0.153. The Balaban J connectivity index is 4.33. The lowest BCUT2D eigenvalue weighted by atomic mass is 10.0. The van der Waals surface area contributed by atoms with Gasteiger partial charge in [-0.2, -0.15) is 0 Å². The second-order valence-electron chi connectivity index (χ2n) is 5.61. The fourth-order valence-corrected chi connectivity index (χ4v) is 2.29. The van der Waals surface area contributed by atoms with E-state index in [1.54, 1.807) is 0 Å². The van der Waals surface area contributed by atoms with Crippen LogP contribution in [0.2, 0.25) is 0 Å². The standard InChI is InChI=1S/C14H33N3/c1-8-15-14(12(3)4)11-17(9-2)13(5)10-16(6)7/h12-15H,8-11H2,1-7H3. The third-order valence-electron chi connectivity index (χ3n) is 3.36. The Morgan fingerprint density at radius 2 is 1.59 bits per heavy atom. The molecule has 3 heteroatoms. The van der Waals surface area contributed by atoms with Gasteiger partial charge >= 0.3 is 0 Å². The molecule has 0 fully saturated rings. The van der Waals surface area contributed by atoms with Gasteiger partial charge in [-0.05, 0) is 40.0 Å². The maximum atomic E-state index is 3.60. The van der Waals surface area contributed by atoms with Gasteiger partial charge in [0.2, 0.25) is 0 Å². The molecule has 0 aliphatic heterocycles. The highest BCUT2D eigenvalue weighted by Gasteiger charge is 2.19. The Morgan fingerprint density at radius 1 is 1.00 bits per heavy atom. The highest BCUT2D eigenvalue weighted by Crippen LogP contribution is 2.08. The molecule has 2 atom stereocenters. The number of hydrogen-bond donors (Lipinski definition) is 1. The van der Waals surface area contributed by atoms with Crippen LogP contribution in [0.3, 0.4) is 0 Å². The average molecular weight is 243 g/mol. The summed E-state index contributed by atoms with van der Waals surface area (Å²) in [6, 6.07) is 1.22. The third kappa shape index (κ3) is 7.02. The van der Waals surface area contributed by atoms with Crippen molar-refractivity contribution in [2.75, 3.05) is 40.3 Å². The molecule has 0 heterocycles. The molecule has 0 rings (SSSR count). The minimum Gasteiger partial charge on any atom is -0.313 e. The van der Waals surface area contributed by atoms with Crippen molar-refractivity contribution < 1.29 is 0 Å². The molecule has 17 heavy (non-hydrogen) atoms. The lowest BCUT2D eigenvalue weighted by Gasteiger charge is -2.34. The Morgan fingerprint density at radius 3 is 1.94 bits per heavy atom. The Kier molecular flexibility index (Phi) is 8.83. The maximum absolute atomic E-state index is 3.60. The third-order valence-corrected chi connectivity index (χ3v) is 3.36. The van der Waals surface area contributed by atoms with Crippen molar-refractivity contribution in [1.82, 2.24) is 15.1 Å². The topological polar surface area (TPSA) is 18.5 Å². The first-order chi connectivity index (χ1) is 7.92. The lowest BCUT2D eigenvalue weighted by Crippen LogP contribution is -2.49. The van der Waals surface area contributed by atoms with Crippen LogP contribution in [-0.4, -0.2) is 62.2 Å². The molecular weight excluding hydrogens is 210 g/mol. The van der Waals surface area contributed by atoms with E-state index in [1.807, 2.05) is 0 Å². The first-order valence-electron chi connectivity index (χ1n) is 7.04. The van der Waals surface area contributed by atoms with Crippen molar-refractivity contribution in [3.63, 3.8) is 0 Å². The van der Waals surface area contributed by atoms with Crippen molar-refractivity contribution in [2.45, 2.75) is 46.7 Å². The van der Waals surface area contributed by atoms with E-state index in [1.165, 1.54) is 0 Å². The molecular formula is C14H33N3. The first-order valence-corrected chi connectivity index (χ1v) is 7.04. The van der Waals surface area contributed by atoms with E-state index in [-0.39, 0.29) is 0 Å². The van der Waals surface area contributed by atoms with E-state index in [2.05, 4.69) is 63.8 Å². The summed E-state index contributed by atoms with van der Waals surface area (Å²) in [6.45, 7) is 15.8. The molecule has 3 nitrogen and oxygen atoms in total. The van der Waals surface area contributed by atoms with E-state index in [0.717, 1.165) is 26.2 Å². The number of nitrogens with zero attached hydrogens (tertiary/aromatic N) is 2. The maximum Gasteiger partial charge on any atom is 0.0217 e. The summed E-state index contributed by atoms with van der Waals surface area (Å²) in [5.74, 6) is 0.690. The quantitative estimate of drug-likeness (QED) is 0.667. The Labute approximate surface area is 109 Å². The predicted octanol–water partition coefficient (Wildman–Crippen LogP) is 1.89. The van der Waals surface area contributed by atoms with Crippen LogP contribution in [0.4, 0.5) is 0 Å². The van der Waals surface area contributed by atoms with Gasteiger partial charge in [0.05, 0.1) is 0 Å². The summed E-state index contributed by atoms with van der Waals surface area (Å²) < 4.78 is 0. The SMILES string of the molecule is CCNC(CN(CC)C(C)CN(C)C)C(C)C. The summed E-state index contributed by atoms with van der Waals surface area (Å²) in [5, 5.41) is 3.60. The molecule has 0 aliphatic rings. The monoisotopic (exact) mass is 243 g/mol. The normalized spacial score (nSPS) is 15.9. The Hall–Kier alpha value is -0.120. The van der Waals surface area contributed by atoms with Gasteiger partial charge in [-0.25, -0.2) is 0 Å². The molecule has 0 aromatic carbocycles. The molecule has 0 aromatic rings. The van der Waals surface area contributed by atoms with Gasteiger partial charge in [0.25, 0.3) is 0 Å². The van der Waals surface area contributed by atoms with E-state index in [4.69, 9.17) is 0 Å². The summed E-state index contributed by atoms with van der Waals surface area (Å²) in [4.78, 5) is 4.85. The van der Waals surface area contributed by atoms with Crippen molar-refractivity contribution in [1.29, 1.82) is 0 Å². The van der Waals surface area contributed by atoms with E-state index >= 15 is 0 Å². The van der Waals surface area contributed by atoms with Crippen molar-refractivity contribution in [3.8, 4) is 0 Å². The largest absolute Gasteiger partial charge is 0.313 e. The fourth-order valence-electron chi connectivity index (χ4n) is 2.29. The number of rotatable bonds is 9. The van der Waals surface area contributed by atoms with Gasteiger partial charge in [-0.3, -0.25) is 4.90 Å². The summed E-state index contributed by atoms with van der Waals surface area (Å²) >= 11 is 0. The minimum atomic E-state index is 0.601. The molecule has 0 aromatic heterocycles. The van der Waals surface area contributed by atoms with Crippen LogP contribution in [0.15, 0.2) is 0 Å². The summed E-state index contributed by atoms with van der Waals surface area (Å²) in [6.07, 6.45) is 0. The van der Waals surface area contributed by atoms with Gasteiger partial charge in [0.1, 0.15) is 0 Å². The van der Waals surface area contributed by atoms with Crippen LogP contribution < -0.4 is 5.32 Å². The van der Waals surface area contributed by atoms with Crippen LogP contribution >= 0.6 is 0 Å². The molecule has 0 saturated heterocycles. The smallest absolute Gasteiger partial charge is 0.0217 e. The molecule has 0 spiro atoms. The number of hydrogen-bond acceptors (Lipinski definition) is 3. The summed E-state index contributed by atoms with van der Waals surface area (Å²) in [7, 11) is 4.29. The Bertz CT molecular complexity index is 180. The van der Waals surface area contributed by atoms with E-state index < -0.39 is 0 Å². The molecule has 0 radical (unpaired) electrons. The zero-order chi connectivity index (χ0) is 13.4. The van der Waals surface area contributed by atoms with Gasteiger partial charge in [-0.1, -0.05) is 27.7 Å². The van der Waals surface area contributed by atoms with Crippen LogP contribution in [-0.2, 0) is 0 Å². The highest BCUT2D eigenvalue weighted by atomic mass is 15.2. The average Bonchev–Trinajstić information content (AvgIpc) is 2.22. The molecule has 0 bridgehead atoms. The predicted molar refractivity (Wildman–Crippen MR) is 77.6 cm³/mol. The number of likely N-dealkylation sites (N-methyl/N-ethyl adjacent to an activating group) is 3. The number of nitrogens with one attached hydrogen (secondary N) is 1. The van der Waals surface area contributed by atoms with Crippen LogP contribution in [0.25, 0.3) is 0 Å². The highest BCUT2D eigenvalue weighted by molar-refractivity contribution is 4.78. The van der Waals surface area contributed by atoms with Gasteiger partial charge in [0, 0.05) is 25.2 Å². The van der Waals surface area contributed by atoms with Gasteiger partial charge < -0.3 is 10.2 Å². The van der Waals surface area contributed by atoms with Gasteiger partial charge in [-0.15, -0.1) is 0 Å². The minimum absolute atomic E-state index is 0.601. The van der Waals surface area contributed by atoms with E-state index in [9.17, 15) is 0 Å².